The number of aromatic nitrogens is 2. The van der Waals surface area contributed by atoms with Gasteiger partial charge in [-0.3, -0.25) is 0 Å². The number of hydrogen-bond acceptors (Lipinski definition) is 3. The zero-order valence-electron chi connectivity index (χ0n) is 7.68. The zero-order chi connectivity index (χ0) is 10.7. The molecule has 15 heavy (non-hydrogen) atoms. The average molecular weight is 260 g/mol. The zero-order valence-corrected chi connectivity index (χ0v) is 9.27. The van der Waals surface area contributed by atoms with Gasteiger partial charge >= 0.3 is 0 Å². The SMILES string of the molecule is N#Cc1cccc(-c2cncnc2Br)c1. The van der Waals surface area contributed by atoms with Crippen molar-refractivity contribution in [3.8, 4) is 17.2 Å². The molecule has 0 N–H and O–H groups in total. The molecule has 0 fully saturated rings. The van der Waals surface area contributed by atoms with Gasteiger partial charge in [-0.25, -0.2) is 9.97 Å². The Hall–Kier alpha value is -1.73. The Morgan fingerprint density at radius 3 is 2.93 bits per heavy atom. The first-order valence-electron chi connectivity index (χ1n) is 4.27. The molecule has 0 saturated carbocycles. The van der Waals surface area contributed by atoms with E-state index in [4.69, 9.17) is 5.26 Å². The van der Waals surface area contributed by atoms with E-state index in [0.717, 1.165) is 15.7 Å². The molecule has 0 aliphatic rings. The van der Waals surface area contributed by atoms with Crippen LogP contribution in [0.5, 0.6) is 0 Å². The minimum atomic E-state index is 0.628. The van der Waals surface area contributed by atoms with Gasteiger partial charge < -0.3 is 0 Å². The van der Waals surface area contributed by atoms with Crippen LogP contribution in [-0.2, 0) is 0 Å². The summed E-state index contributed by atoms with van der Waals surface area (Å²) in [4.78, 5) is 7.99. The van der Waals surface area contributed by atoms with Crippen molar-refractivity contribution in [3.05, 3.63) is 47.0 Å². The van der Waals surface area contributed by atoms with Crippen molar-refractivity contribution < 1.29 is 0 Å². The summed E-state index contributed by atoms with van der Waals surface area (Å²) in [5.74, 6) is 0. The molecule has 2 rings (SSSR count). The van der Waals surface area contributed by atoms with Gasteiger partial charge in [-0.15, -0.1) is 0 Å². The summed E-state index contributed by atoms with van der Waals surface area (Å²) in [6.07, 6.45) is 3.19. The summed E-state index contributed by atoms with van der Waals surface area (Å²) < 4.78 is 0.729. The standard InChI is InChI=1S/C11H6BrN3/c12-11-10(6-14-7-15-11)9-3-1-2-8(4-9)5-13/h1-4,6-7H. The van der Waals surface area contributed by atoms with Crippen molar-refractivity contribution >= 4 is 15.9 Å². The van der Waals surface area contributed by atoms with Crippen molar-refractivity contribution in [2.75, 3.05) is 0 Å². The number of hydrogen-bond donors (Lipinski definition) is 0. The highest BCUT2D eigenvalue weighted by Crippen LogP contribution is 2.25. The van der Waals surface area contributed by atoms with Crippen LogP contribution in [0, 0.1) is 11.3 Å². The predicted molar refractivity (Wildman–Crippen MR) is 59.9 cm³/mol. The Balaban J connectivity index is 2.55. The molecular weight excluding hydrogens is 254 g/mol. The summed E-state index contributed by atoms with van der Waals surface area (Å²) in [5, 5.41) is 8.79. The summed E-state index contributed by atoms with van der Waals surface area (Å²) in [5.41, 5.74) is 2.44. The molecule has 0 amide bonds. The van der Waals surface area contributed by atoms with E-state index in [-0.39, 0.29) is 0 Å². The van der Waals surface area contributed by atoms with Gasteiger partial charge in [0.2, 0.25) is 0 Å². The molecule has 4 heteroatoms. The molecule has 0 saturated heterocycles. The number of rotatable bonds is 1. The van der Waals surface area contributed by atoms with Gasteiger partial charge in [0.25, 0.3) is 0 Å². The highest BCUT2D eigenvalue weighted by atomic mass is 79.9. The molecule has 3 nitrogen and oxygen atoms in total. The summed E-state index contributed by atoms with van der Waals surface area (Å²) >= 11 is 3.35. The van der Waals surface area contributed by atoms with Crippen LogP contribution in [0.15, 0.2) is 41.4 Å². The second-order valence-corrected chi connectivity index (χ2v) is 3.67. The van der Waals surface area contributed by atoms with Crippen molar-refractivity contribution in [1.29, 1.82) is 5.26 Å². The summed E-state index contributed by atoms with van der Waals surface area (Å²) in [6.45, 7) is 0. The van der Waals surface area contributed by atoms with E-state index in [1.54, 1.807) is 12.3 Å². The van der Waals surface area contributed by atoms with Crippen LogP contribution < -0.4 is 0 Å². The molecule has 0 bridgehead atoms. The molecule has 0 aliphatic carbocycles. The van der Waals surface area contributed by atoms with Gasteiger partial charge in [-0.1, -0.05) is 12.1 Å². The minimum Gasteiger partial charge on any atom is -0.244 e. The third-order valence-corrected chi connectivity index (χ3v) is 2.60. The maximum atomic E-state index is 8.79. The monoisotopic (exact) mass is 259 g/mol. The van der Waals surface area contributed by atoms with Gasteiger partial charge in [0, 0.05) is 11.8 Å². The first-order chi connectivity index (χ1) is 7.31. The van der Waals surface area contributed by atoms with Crippen molar-refractivity contribution in [1.82, 2.24) is 9.97 Å². The second-order valence-electron chi connectivity index (χ2n) is 2.92. The Bertz CT molecular complexity index is 531. The van der Waals surface area contributed by atoms with Crippen LogP contribution in [0.25, 0.3) is 11.1 Å². The average Bonchev–Trinajstić information content (AvgIpc) is 2.30. The van der Waals surface area contributed by atoms with Crippen LogP contribution in [-0.4, -0.2) is 9.97 Å². The molecule has 0 spiro atoms. The number of halogens is 1. The van der Waals surface area contributed by atoms with Gasteiger partial charge in [0.05, 0.1) is 11.6 Å². The number of nitrogens with zero attached hydrogens (tertiary/aromatic N) is 3. The Kier molecular flexibility index (Phi) is 2.75. The predicted octanol–water partition coefficient (Wildman–Crippen LogP) is 2.78. The Morgan fingerprint density at radius 2 is 2.20 bits per heavy atom. The van der Waals surface area contributed by atoms with Gasteiger partial charge in [-0.05, 0) is 33.6 Å². The van der Waals surface area contributed by atoms with Crippen LogP contribution in [0.2, 0.25) is 0 Å². The first kappa shape index (κ1) is 9.81. The van der Waals surface area contributed by atoms with E-state index < -0.39 is 0 Å². The maximum absolute atomic E-state index is 8.79. The van der Waals surface area contributed by atoms with Crippen LogP contribution in [0.3, 0.4) is 0 Å². The Labute approximate surface area is 95.6 Å². The van der Waals surface area contributed by atoms with Crippen LogP contribution in [0.4, 0.5) is 0 Å². The topological polar surface area (TPSA) is 49.6 Å². The van der Waals surface area contributed by atoms with E-state index in [1.165, 1.54) is 6.33 Å². The highest BCUT2D eigenvalue weighted by Gasteiger charge is 2.04. The lowest BCUT2D eigenvalue weighted by molar-refractivity contribution is 1.14. The minimum absolute atomic E-state index is 0.628. The fourth-order valence-corrected chi connectivity index (χ4v) is 1.69. The van der Waals surface area contributed by atoms with Crippen molar-refractivity contribution in [2.45, 2.75) is 0 Å². The smallest absolute Gasteiger partial charge is 0.117 e. The van der Waals surface area contributed by atoms with Gasteiger partial charge in [0.1, 0.15) is 10.9 Å². The normalized spacial score (nSPS) is 9.60. The van der Waals surface area contributed by atoms with Crippen molar-refractivity contribution in [2.24, 2.45) is 0 Å². The van der Waals surface area contributed by atoms with Crippen LogP contribution in [0.1, 0.15) is 5.56 Å². The van der Waals surface area contributed by atoms with Gasteiger partial charge in [0.15, 0.2) is 0 Å². The molecular formula is C11H6BrN3. The highest BCUT2D eigenvalue weighted by molar-refractivity contribution is 9.10. The van der Waals surface area contributed by atoms with E-state index in [0.29, 0.717) is 5.56 Å². The fourth-order valence-electron chi connectivity index (χ4n) is 1.26. The largest absolute Gasteiger partial charge is 0.244 e. The van der Waals surface area contributed by atoms with E-state index >= 15 is 0 Å². The fraction of sp³-hybridized carbons (Fsp3) is 0. The second kappa shape index (κ2) is 4.20. The molecule has 1 aromatic heterocycles. The molecule has 2 aromatic rings. The molecule has 72 valence electrons. The Morgan fingerprint density at radius 1 is 1.33 bits per heavy atom. The molecule has 0 radical (unpaired) electrons. The number of nitriles is 1. The summed E-state index contributed by atoms with van der Waals surface area (Å²) in [6, 6.07) is 9.44. The maximum Gasteiger partial charge on any atom is 0.117 e. The molecule has 0 unspecified atom stereocenters. The first-order valence-corrected chi connectivity index (χ1v) is 5.06. The van der Waals surface area contributed by atoms with Crippen LogP contribution >= 0.6 is 15.9 Å². The molecule has 1 aromatic carbocycles. The van der Waals surface area contributed by atoms with Crippen molar-refractivity contribution in [3.63, 3.8) is 0 Å². The quantitative estimate of drug-likeness (QED) is 0.741. The van der Waals surface area contributed by atoms with E-state index in [2.05, 4.69) is 32.0 Å². The lowest BCUT2D eigenvalue weighted by Crippen LogP contribution is -1.86. The van der Waals surface area contributed by atoms with E-state index in [9.17, 15) is 0 Å². The summed E-state index contributed by atoms with van der Waals surface area (Å²) in [7, 11) is 0. The molecule has 0 atom stereocenters. The third-order valence-electron chi connectivity index (χ3n) is 1.97. The lowest BCUT2D eigenvalue weighted by atomic mass is 10.1. The molecule has 0 aliphatic heterocycles. The third kappa shape index (κ3) is 2.03. The lowest BCUT2D eigenvalue weighted by Gasteiger charge is -2.02. The van der Waals surface area contributed by atoms with E-state index in [1.807, 2.05) is 18.2 Å². The molecule has 1 heterocycles. The number of benzene rings is 1. The van der Waals surface area contributed by atoms with Gasteiger partial charge in [-0.2, -0.15) is 5.26 Å².